The summed E-state index contributed by atoms with van der Waals surface area (Å²) in [6.45, 7) is 2.71. The molecule has 1 N–H and O–H groups in total. The third-order valence-electron chi connectivity index (χ3n) is 5.87. The molecule has 1 heterocycles. The third-order valence-corrected chi connectivity index (χ3v) is 5.87. The summed E-state index contributed by atoms with van der Waals surface area (Å²) >= 11 is 0. The van der Waals surface area contributed by atoms with Crippen LogP contribution in [0.2, 0.25) is 0 Å². The van der Waals surface area contributed by atoms with Gasteiger partial charge in [-0.3, -0.25) is 4.79 Å². The molecule has 168 valence electrons. The van der Waals surface area contributed by atoms with Gasteiger partial charge in [-0.15, -0.1) is 0 Å². The lowest BCUT2D eigenvalue weighted by Crippen LogP contribution is -2.62. The van der Waals surface area contributed by atoms with Crippen molar-refractivity contribution in [3.63, 3.8) is 0 Å². The lowest BCUT2D eigenvalue weighted by atomic mass is 9.58. The summed E-state index contributed by atoms with van der Waals surface area (Å²) in [5.74, 6) is -1.38. The van der Waals surface area contributed by atoms with Gasteiger partial charge in [-0.05, 0) is 36.1 Å². The van der Waals surface area contributed by atoms with Crippen LogP contribution in [-0.2, 0) is 19.7 Å². The van der Waals surface area contributed by atoms with Gasteiger partial charge in [0.25, 0.3) is 0 Å². The molecule has 31 heavy (non-hydrogen) atoms. The Bertz CT molecular complexity index is 937. The second-order valence-corrected chi connectivity index (χ2v) is 8.13. The van der Waals surface area contributed by atoms with E-state index in [0.29, 0.717) is 5.69 Å². The van der Waals surface area contributed by atoms with Crippen molar-refractivity contribution in [1.82, 2.24) is 4.98 Å². The summed E-state index contributed by atoms with van der Waals surface area (Å²) < 4.78 is 41.4. The van der Waals surface area contributed by atoms with Crippen LogP contribution in [0.5, 0.6) is 5.88 Å². The number of pyridine rings is 1. The van der Waals surface area contributed by atoms with Crippen molar-refractivity contribution in [2.75, 3.05) is 19.5 Å². The first-order valence-electron chi connectivity index (χ1n) is 10.1. The second-order valence-electron chi connectivity index (χ2n) is 8.13. The van der Waals surface area contributed by atoms with E-state index in [4.69, 9.17) is 9.47 Å². The SMILES string of the molecule is COC1(OC)CC(C(=O)Nc2ccc(C)nc2OC(F)F)(c2ccccc2C(C)C)C1. The van der Waals surface area contributed by atoms with E-state index in [1.165, 1.54) is 20.3 Å². The number of alkyl halides is 2. The predicted octanol–water partition coefficient (Wildman–Crippen LogP) is 4.77. The van der Waals surface area contributed by atoms with Crippen molar-refractivity contribution in [3.05, 3.63) is 53.2 Å². The summed E-state index contributed by atoms with van der Waals surface area (Å²) in [6.07, 6.45) is 0.569. The number of rotatable bonds is 8. The fourth-order valence-corrected chi connectivity index (χ4v) is 4.19. The van der Waals surface area contributed by atoms with Gasteiger partial charge in [-0.1, -0.05) is 38.1 Å². The Labute approximate surface area is 180 Å². The predicted molar refractivity (Wildman–Crippen MR) is 112 cm³/mol. The fraction of sp³-hybridized carbons (Fsp3) is 0.478. The highest BCUT2D eigenvalue weighted by Gasteiger charge is 2.61. The zero-order valence-corrected chi connectivity index (χ0v) is 18.4. The molecular weight excluding hydrogens is 406 g/mol. The lowest BCUT2D eigenvalue weighted by molar-refractivity contribution is -0.273. The number of benzene rings is 1. The van der Waals surface area contributed by atoms with Crippen molar-refractivity contribution >= 4 is 11.6 Å². The van der Waals surface area contributed by atoms with Crippen LogP contribution in [-0.4, -0.2) is 37.5 Å². The molecule has 6 nitrogen and oxygen atoms in total. The van der Waals surface area contributed by atoms with Crippen molar-refractivity contribution in [1.29, 1.82) is 0 Å². The molecule has 8 heteroatoms. The van der Waals surface area contributed by atoms with Crippen LogP contribution in [0.1, 0.15) is 49.4 Å². The quantitative estimate of drug-likeness (QED) is 0.606. The molecule has 0 aliphatic heterocycles. The van der Waals surface area contributed by atoms with E-state index < -0.39 is 17.8 Å². The number of halogens is 2. The van der Waals surface area contributed by atoms with E-state index in [1.807, 2.05) is 24.3 Å². The van der Waals surface area contributed by atoms with Crippen LogP contribution in [0.3, 0.4) is 0 Å². The molecule has 1 aliphatic rings. The number of ether oxygens (including phenoxy) is 3. The van der Waals surface area contributed by atoms with Crippen molar-refractivity contribution in [3.8, 4) is 5.88 Å². The van der Waals surface area contributed by atoms with E-state index in [2.05, 4.69) is 28.9 Å². The van der Waals surface area contributed by atoms with Gasteiger partial charge in [0.2, 0.25) is 11.8 Å². The average molecular weight is 434 g/mol. The Hall–Kier alpha value is -2.58. The molecule has 0 spiro atoms. The molecule has 3 rings (SSSR count). The van der Waals surface area contributed by atoms with Crippen LogP contribution in [0, 0.1) is 6.92 Å². The Balaban J connectivity index is 2.02. The molecule has 1 aromatic heterocycles. The summed E-state index contributed by atoms with van der Waals surface area (Å²) in [5, 5.41) is 2.77. The first kappa shape index (κ1) is 23.1. The number of anilines is 1. The normalized spacial score (nSPS) is 16.8. The molecular formula is C23H28F2N2O4. The van der Waals surface area contributed by atoms with Gasteiger partial charge in [-0.25, -0.2) is 4.98 Å². The van der Waals surface area contributed by atoms with Gasteiger partial charge in [-0.2, -0.15) is 8.78 Å². The Morgan fingerprint density at radius 1 is 1.10 bits per heavy atom. The minimum atomic E-state index is -3.06. The number of amides is 1. The number of nitrogens with one attached hydrogen (secondary N) is 1. The number of aromatic nitrogens is 1. The van der Waals surface area contributed by atoms with Crippen LogP contribution in [0.15, 0.2) is 36.4 Å². The van der Waals surface area contributed by atoms with Crippen LogP contribution >= 0.6 is 0 Å². The maximum atomic E-state index is 13.6. The summed E-state index contributed by atoms with van der Waals surface area (Å²) in [6, 6.07) is 10.9. The molecule has 0 bridgehead atoms. The molecule has 0 unspecified atom stereocenters. The van der Waals surface area contributed by atoms with E-state index in [1.54, 1.807) is 13.0 Å². The van der Waals surface area contributed by atoms with Gasteiger partial charge in [0.1, 0.15) is 5.69 Å². The lowest BCUT2D eigenvalue weighted by Gasteiger charge is -2.53. The molecule has 1 aromatic carbocycles. The minimum absolute atomic E-state index is 0.0876. The van der Waals surface area contributed by atoms with Crippen molar-refractivity contribution in [2.24, 2.45) is 0 Å². The van der Waals surface area contributed by atoms with Crippen molar-refractivity contribution in [2.45, 2.75) is 57.3 Å². The molecule has 1 saturated carbocycles. The van der Waals surface area contributed by atoms with Crippen LogP contribution in [0.25, 0.3) is 0 Å². The molecule has 0 saturated heterocycles. The smallest absolute Gasteiger partial charge is 0.388 e. The topological polar surface area (TPSA) is 69.7 Å². The zero-order valence-electron chi connectivity index (χ0n) is 18.4. The standard InChI is InChI=1S/C23H28F2N2O4/c1-14(2)16-8-6-7-9-17(16)22(12-23(13-22,29-4)30-5)20(28)27-18-11-10-15(3)26-19(18)31-21(24)25/h6-11,14,21H,12-13H2,1-5H3,(H,27,28). The van der Waals surface area contributed by atoms with Gasteiger partial charge in [0.15, 0.2) is 5.79 Å². The second kappa shape index (κ2) is 8.88. The molecule has 1 aliphatic carbocycles. The van der Waals surface area contributed by atoms with E-state index in [-0.39, 0.29) is 36.2 Å². The Kier molecular flexibility index (Phi) is 6.62. The number of methoxy groups -OCH3 is 2. The highest BCUT2D eigenvalue weighted by atomic mass is 19.3. The average Bonchev–Trinajstić information content (AvgIpc) is 2.70. The van der Waals surface area contributed by atoms with E-state index in [0.717, 1.165) is 11.1 Å². The summed E-state index contributed by atoms with van der Waals surface area (Å²) in [4.78, 5) is 17.6. The Morgan fingerprint density at radius 2 is 1.74 bits per heavy atom. The first-order valence-corrected chi connectivity index (χ1v) is 10.1. The number of carbonyl (C=O) groups excluding carboxylic acids is 1. The number of aryl methyl sites for hydroxylation is 1. The monoisotopic (exact) mass is 434 g/mol. The number of hydrogen-bond acceptors (Lipinski definition) is 5. The number of hydrogen-bond donors (Lipinski definition) is 1. The number of carbonyl (C=O) groups is 1. The zero-order chi connectivity index (χ0) is 22.8. The summed E-state index contributed by atoms with van der Waals surface area (Å²) in [7, 11) is 3.08. The number of nitrogens with zero attached hydrogens (tertiary/aromatic N) is 1. The van der Waals surface area contributed by atoms with Crippen LogP contribution < -0.4 is 10.1 Å². The van der Waals surface area contributed by atoms with Gasteiger partial charge >= 0.3 is 6.61 Å². The van der Waals surface area contributed by atoms with Gasteiger partial charge < -0.3 is 19.5 Å². The summed E-state index contributed by atoms with van der Waals surface area (Å²) in [5.41, 5.74) is 1.52. The molecule has 0 radical (unpaired) electrons. The third kappa shape index (κ3) is 4.41. The van der Waals surface area contributed by atoms with Crippen molar-refractivity contribution < 1.29 is 27.8 Å². The van der Waals surface area contributed by atoms with Gasteiger partial charge in [0, 0.05) is 32.8 Å². The first-order chi connectivity index (χ1) is 14.7. The fourth-order valence-electron chi connectivity index (χ4n) is 4.19. The molecule has 0 atom stereocenters. The maximum absolute atomic E-state index is 13.6. The van der Waals surface area contributed by atoms with E-state index >= 15 is 0 Å². The molecule has 1 fully saturated rings. The maximum Gasteiger partial charge on any atom is 0.388 e. The molecule has 2 aromatic rings. The highest BCUT2D eigenvalue weighted by Crippen LogP contribution is 2.54. The van der Waals surface area contributed by atoms with Gasteiger partial charge in [0.05, 0.1) is 5.41 Å². The minimum Gasteiger partial charge on any atom is -0.415 e. The highest BCUT2D eigenvalue weighted by molar-refractivity contribution is 6.01. The largest absolute Gasteiger partial charge is 0.415 e. The van der Waals surface area contributed by atoms with E-state index in [9.17, 15) is 13.6 Å². The molecule has 1 amide bonds. The van der Waals surface area contributed by atoms with Crippen LogP contribution in [0.4, 0.5) is 14.5 Å². The Morgan fingerprint density at radius 3 is 2.32 bits per heavy atom.